The van der Waals surface area contributed by atoms with Crippen LogP contribution in [0.2, 0.25) is 0 Å². The predicted octanol–water partition coefficient (Wildman–Crippen LogP) is 3.50. The number of carbonyl (C=O) groups excluding carboxylic acids is 3. The second-order valence-corrected chi connectivity index (χ2v) is 10.7. The van der Waals surface area contributed by atoms with Crippen LogP contribution in [0, 0.1) is 5.92 Å². The second kappa shape index (κ2) is 12.4. The van der Waals surface area contributed by atoms with Crippen LogP contribution >= 0.6 is 0 Å². The highest BCUT2D eigenvalue weighted by Gasteiger charge is 2.35. The molecule has 2 aromatic carbocycles. The number of oxazole rings is 1. The molecule has 1 aromatic heterocycles. The Balaban J connectivity index is 1.42. The Morgan fingerprint density at radius 3 is 2.80 bits per heavy atom. The molecule has 1 fully saturated rings. The summed E-state index contributed by atoms with van der Waals surface area (Å²) < 4.78 is 23.5. The molecule has 4 bridgehead atoms. The molecule has 11 nitrogen and oxygen atoms in total. The summed E-state index contributed by atoms with van der Waals surface area (Å²) in [4.78, 5) is 46.2. The van der Waals surface area contributed by atoms with E-state index in [2.05, 4.69) is 10.3 Å². The van der Waals surface area contributed by atoms with Crippen molar-refractivity contribution >= 4 is 17.7 Å². The largest absolute Gasteiger partial charge is 0.493 e. The number of likely N-dealkylation sites (tertiary alicyclic amines) is 1. The summed E-state index contributed by atoms with van der Waals surface area (Å²) in [6.45, 7) is 5.28. The number of amides is 3. The lowest BCUT2D eigenvalue weighted by Gasteiger charge is -2.38. The van der Waals surface area contributed by atoms with Crippen LogP contribution < -0.4 is 14.8 Å². The van der Waals surface area contributed by atoms with Crippen LogP contribution in [0.3, 0.4) is 0 Å². The molecule has 5 rings (SSSR count). The van der Waals surface area contributed by atoms with Gasteiger partial charge in [0.15, 0.2) is 6.39 Å². The number of rotatable bonds is 4. The molecule has 0 unspecified atom stereocenters. The fourth-order valence-corrected chi connectivity index (χ4v) is 4.81. The lowest BCUT2D eigenvalue weighted by atomic mass is 10.0. The monoisotopic (exact) mass is 562 g/mol. The van der Waals surface area contributed by atoms with Crippen LogP contribution in [0.1, 0.15) is 46.7 Å². The number of piperidine rings is 1. The van der Waals surface area contributed by atoms with Crippen molar-refractivity contribution in [1.82, 2.24) is 20.1 Å². The van der Waals surface area contributed by atoms with Crippen LogP contribution in [-0.4, -0.2) is 77.9 Å². The van der Waals surface area contributed by atoms with Crippen LogP contribution in [0.4, 0.5) is 0 Å². The van der Waals surface area contributed by atoms with Gasteiger partial charge < -0.3 is 33.7 Å². The SMILES string of the molecule is CC(C)COc1cc2cc(c1)C(=O)N(C)CC(=O)N[C@H]1CCN(C(=O)c3cnco3)C[C@@H]1OCc1cccc(c1)O2. The fraction of sp³-hybridized carbons (Fsp3) is 0.400. The highest BCUT2D eigenvalue weighted by atomic mass is 16.5. The fourth-order valence-electron chi connectivity index (χ4n) is 4.81. The zero-order valence-corrected chi connectivity index (χ0v) is 23.4. The maximum Gasteiger partial charge on any atom is 0.291 e. The van der Waals surface area contributed by atoms with Crippen molar-refractivity contribution in [3.05, 3.63) is 71.9 Å². The first-order valence-electron chi connectivity index (χ1n) is 13.6. The summed E-state index contributed by atoms with van der Waals surface area (Å²) in [6, 6.07) is 12.1. The normalized spacial score (nSPS) is 19.8. The Hall–Kier alpha value is -4.38. The molecule has 3 heterocycles. The van der Waals surface area contributed by atoms with Gasteiger partial charge in [-0.2, -0.15) is 0 Å². The molecular weight excluding hydrogens is 528 g/mol. The Bertz CT molecular complexity index is 1390. The van der Waals surface area contributed by atoms with E-state index in [9.17, 15) is 14.4 Å². The summed E-state index contributed by atoms with van der Waals surface area (Å²) >= 11 is 0. The molecule has 0 aliphatic carbocycles. The highest BCUT2D eigenvalue weighted by molar-refractivity contribution is 5.97. The van der Waals surface area contributed by atoms with E-state index in [0.717, 1.165) is 5.56 Å². The molecule has 0 saturated carbocycles. The van der Waals surface area contributed by atoms with Gasteiger partial charge in [-0.3, -0.25) is 14.4 Å². The van der Waals surface area contributed by atoms with E-state index < -0.39 is 6.10 Å². The molecular formula is C30H34N4O7. The van der Waals surface area contributed by atoms with Gasteiger partial charge in [-0.15, -0.1) is 0 Å². The van der Waals surface area contributed by atoms with Crippen molar-refractivity contribution in [1.29, 1.82) is 0 Å². The molecule has 11 heteroatoms. The zero-order chi connectivity index (χ0) is 28.9. The van der Waals surface area contributed by atoms with E-state index in [-0.39, 0.29) is 49.2 Å². The molecule has 2 aliphatic rings. The van der Waals surface area contributed by atoms with E-state index in [1.165, 1.54) is 17.5 Å². The Labute approximate surface area is 238 Å². The third-order valence-electron chi connectivity index (χ3n) is 6.87. The molecule has 3 amide bonds. The van der Waals surface area contributed by atoms with Gasteiger partial charge in [-0.25, -0.2) is 4.98 Å². The average molecular weight is 563 g/mol. The number of aromatic nitrogens is 1. The highest BCUT2D eigenvalue weighted by Crippen LogP contribution is 2.30. The molecule has 3 aromatic rings. The lowest BCUT2D eigenvalue weighted by Crippen LogP contribution is -2.57. The van der Waals surface area contributed by atoms with E-state index in [4.69, 9.17) is 18.6 Å². The van der Waals surface area contributed by atoms with Crippen molar-refractivity contribution in [2.75, 3.05) is 33.3 Å². The van der Waals surface area contributed by atoms with Gasteiger partial charge in [0.2, 0.25) is 11.7 Å². The van der Waals surface area contributed by atoms with Crippen LogP contribution in [0.5, 0.6) is 17.2 Å². The van der Waals surface area contributed by atoms with E-state index in [0.29, 0.717) is 48.3 Å². The van der Waals surface area contributed by atoms with E-state index in [1.54, 1.807) is 30.1 Å². The Morgan fingerprint density at radius 1 is 1.17 bits per heavy atom. The molecule has 41 heavy (non-hydrogen) atoms. The molecule has 0 radical (unpaired) electrons. The first kappa shape index (κ1) is 28.2. The van der Waals surface area contributed by atoms with Crippen molar-refractivity contribution < 1.29 is 33.0 Å². The second-order valence-electron chi connectivity index (χ2n) is 10.7. The summed E-state index contributed by atoms with van der Waals surface area (Å²) in [6.07, 6.45) is 2.57. The van der Waals surface area contributed by atoms with Crippen molar-refractivity contribution in [3.8, 4) is 17.2 Å². The summed E-state index contributed by atoms with van der Waals surface area (Å²) in [5, 5.41) is 3.02. The molecule has 216 valence electrons. The number of hydrogen-bond donors (Lipinski definition) is 1. The van der Waals surface area contributed by atoms with Gasteiger partial charge >= 0.3 is 0 Å². The molecule has 2 aliphatic heterocycles. The van der Waals surface area contributed by atoms with E-state index >= 15 is 0 Å². The van der Waals surface area contributed by atoms with Gasteiger partial charge in [0.25, 0.3) is 11.8 Å². The number of nitrogens with one attached hydrogen (secondary N) is 1. The van der Waals surface area contributed by atoms with Crippen molar-refractivity contribution in [2.45, 2.75) is 39.0 Å². The topological polar surface area (TPSA) is 123 Å². The summed E-state index contributed by atoms with van der Waals surface area (Å²) in [5.41, 5.74) is 1.20. The maximum absolute atomic E-state index is 13.4. The van der Waals surface area contributed by atoms with Crippen molar-refractivity contribution in [3.63, 3.8) is 0 Å². The third kappa shape index (κ3) is 7.04. The van der Waals surface area contributed by atoms with Crippen LogP contribution in [-0.2, 0) is 16.1 Å². The van der Waals surface area contributed by atoms with Gasteiger partial charge in [0, 0.05) is 31.8 Å². The maximum atomic E-state index is 13.4. The predicted molar refractivity (Wildman–Crippen MR) is 148 cm³/mol. The zero-order valence-electron chi connectivity index (χ0n) is 23.4. The minimum absolute atomic E-state index is 0.145. The Kier molecular flexibility index (Phi) is 8.53. The Morgan fingerprint density at radius 2 is 2.02 bits per heavy atom. The van der Waals surface area contributed by atoms with Crippen molar-refractivity contribution in [2.24, 2.45) is 5.92 Å². The summed E-state index contributed by atoms with van der Waals surface area (Å²) in [7, 11) is 1.57. The van der Waals surface area contributed by atoms with E-state index in [1.807, 2.05) is 38.1 Å². The average Bonchev–Trinajstić information content (AvgIpc) is 3.49. The summed E-state index contributed by atoms with van der Waals surface area (Å²) in [5.74, 6) is 0.991. The number of carbonyl (C=O) groups is 3. The molecule has 1 saturated heterocycles. The standard InChI is InChI=1S/C30H34N4O7/c1-19(2)16-38-23-10-21-11-24(12-23)41-22-6-4-5-20(9-22)17-39-27-14-34(30(37)26-13-31-18-40-26)8-7-25(27)32-28(35)15-33(3)29(21)36/h4-6,9-13,18-19,25,27H,7-8,14-17H2,1-3H3,(H,32,35)/t25-,27-/m0/s1. The van der Waals surface area contributed by atoms with Gasteiger partial charge in [-0.05, 0) is 42.2 Å². The number of fused-ring (bicyclic) bond motifs is 5. The first-order chi connectivity index (χ1) is 19.7. The smallest absolute Gasteiger partial charge is 0.291 e. The number of likely N-dealkylation sites (N-methyl/N-ethyl adjacent to an activating group) is 1. The molecule has 1 N–H and O–H groups in total. The first-order valence-corrected chi connectivity index (χ1v) is 13.6. The van der Waals surface area contributed by atoms with Gasteiger partial charge in [0.05, 0.1) is 38.1 Å². The molecule has 2 atom stereocenters. The van der Waals surface area contributed by atoms with Crippen LogP contribution in [0.25, 0.3) is 0 Å². The molecule has 0 spiro atoms. The minimum Gasteiger partial charge on any atom is -0.493 e. The number of ether oxygens (including phenoxy) is 3. The quantitative estimate of drug-likeness (QED) is 0.513. The minimum atomic E-state index is -0.494. The van der Waals surface area contributed by atoms with Crippen LogP contribution in [0.15, 0.2) is 59.5 Å². The van der Waals surface area contributed by atoms with Gasteiger partial charge in [0.1, 0.15) is 17.2 Å². The lowest BCUT2D eigenvalue weighted by molar-refractivity contribution is -0.124. The number of hydrogen-bond acceptors (Lipinski definition) is 8. The number of benzene rings is 2. The van der Waals surface area contributed by atoms with Gasteiger partial charge in [-0.1, -0.05) is 26.0 Å². The third-order valence-corrected chi connectivity index (χ3v) is 6.87. The number of nitrogens with zero attached hydrogens (tertiary/aromatic N) is 3.